The third-order valence-corrected chi connectivity index (χ3v) is 21.1. The van der Waals surface area contributed by atoms with E-state index >= 15 is 0 Å². The molecule has 0 aromatic rings. The molecule has 0 heterocycles. The first-order chi connectivity index (χ1) is 47.4. The number of aliphatic hydroxyl groups excluding tert-OH is 1. The van der Waals surface area contributed by atoms with Crippen LogP contribution < -0.4 is 0 Å². The second-order valence-electron chi connectivity index (χ2n) is 28.9. The number of hydrogen-bond acceptors (Lipinski definition) is 15. The number of rotatable bonds is 78. The number of carbonyl (C=O) groups excluding carboxylic acids is 4. The molecule has 0 radical (unpaired) electrons. The van der Waals surface area contributed by atoms with E-state index in [4.69, 9.17) is 37.0 Å². The Morgan fingerprint density at radius 2 is 0.490 bits per heavy atom. The van der Waals surface area contributed by atoms with Gasteiger partial charge in [0.25, 0.3) is 0 Å². The standard InChI is InChI=1S/C79H154O17P2/c1-7-11-13-15-17-19-21-23-25-27-29-31-33-38-42-49-55-61-76(81)89-67-74(95-78(83)63-57-51-43-39-34-32-30-28-26-24-22-20-18-16-14-12-8-2)69-93-97(85,86)91-65-73(80)66-92-98(87,88)94-70-75(68-90-77(82)62-56-50-46-45-48-54-60-72(6)10-4)96-79(84)64-58-52-44-40-36-35-37-41-47-53-59-71(5)9-3/h71-75,80H,7-70H2,1-6H3,(H,85,86)(H,87,88)/t71?,72?,73-,74-,75-/m1/s1. The zero-order valence-corrected chi connectivity index (χ0v) is 65.9. The summed E-state index contributed by atoms with van der Waals surface area (Å²) < 4.78 is 68.7. The third kappa shape index (κ3) is 69.8. The molecule has 0 aromatic heterocycles. The molecule has 0 saturated heterocycles. The molecule has 0 aromatic carbocycles. The van der Waals surface area contributed by atoms with E-state index in [1.54, 1.807) is 0 Å². The summed E-state index contributed by atoms with van der Waals surface area (Å²) in [6, 6.07) is 0. The summed E-state index contributed by atoms with van der Waals surface area (Å²) in [5.74, 6) is -0.578. The molecule has 7 atom stereocenters. The summed E-state index contributed by atoms with van der Waals surface area (Å²) >= 11 is 0. The fourth-order valence-corrected chi connectivity index (χ4v) is 13.7. The number of carbonyl (C=O) groups is 4. The lowest BCUT2D eigenvalue weighted by molar-refractivity contribution is -0.161. The minimum atomic E-state index is -4.96. The predicted molar refractivity (Wildman–Crippen MR) is 400 cm³/mol. The van der Waals surface area contributed by atoms with Crippen LogP contribution in [0.1, 0.15) is 414 Å². The van der Waals surface area contributed by atoms with Gasteiger partial charge in [0.2, 0.25) is 0 Å². The van der Waals surface area contributed by atoms with Gasteiger partial charge in [0.1, 0.15) is 19.3 Å². The van der Waals surface area contributed by atoms with E-state index in [0.29, 0.717) is 25.7 Å². The molecule has 0 spiro atoms. The van der Waals surface area contributed by atoms with E-state index in [2.05, 4.69) is 41.5 Å². The Morgan fingerprint density at radius 1 is 0.286 bits per heavy atom. The van der Waals surface area contributed by atoms with Gasteiger partial charge in [0, 0.05) is 25.7 Å². The van der Waals surface area contributed by atoms with Gasteiger partial charge in [-0.05, 0) is 37.5 Å². The Hall–Kier alpha value is -1.94. The summed E-state index contributed by atoms with van der Waals surface area (Å²) in [4.78, 5) is 73.0. The Bertz CT molecular complexity index is 1890. The molecule has 0 aliphatic carbocycles. The number of aliphatic hydroxyl groups is 1. The van der Waals surface area contributed by atoms with Gasteiger partial charge in [-0.1, -0.05) is 363 Å². The second-order valence-corrected chi connectivity index (χ2v) is 31.8. The molecule has 0 bridgehead atoms. The topological polar surface area (TPSA) is 237 Å². The highest BCUT2D eigenvalue weighted by Gasteiger charge is 2.30. The van der Waals surface area contributed by atoms with E-state index in [-0.39, 0.29) is 25.7 Å². The summed E-state index contributed by atoms with van der Waals surface area (Å²) in [6.07, 6.45) is 59.6. The molecular weight excluding hydrogens is 1280 g/mol. The molecule has 0 amide bonds. The van der Waals surface area contributed by atoms with Gasteiger partial charge in [-0.15, -0.1) is 0 Å². The normalized spacial score (nSPS) is 14.5. The van der Waals surface area contributed by atoms with Crippen LogP contribution >= 0.6 is 15.6 Å². The number of esters is 4. The molecule has 0 aliphatic rings. The fraction of sp³-hybridized carbons (Fsp3) is 0.949. The summed E-state index contributed by atoms with van der Waals surface area (Å²) in [7, 11) is -9.92. The lowest BCUT2D eigenvalue weighted by atomic mass is 9.99. The third-order valence-electron chi connectivity index (χ3n) is 19.2. The van der Waals surface area contributed by atoms with Gasteiger partial charge in [-0.25, -0.2) is 9.13 Å². The van der Waals surface area contributed by atoms with Crippen LogP contribution in [0.3, 0.4) is 0 Å². The lowest BCUT2D eigenvalue weighted by Crippen LogP contribution is -2.30. The Morgan fingerprint density at radius 3 is 0.724 bits per heavy atom. The van der Waals surface area contributed by atoms with E-state index < -0.39 is 97.5 Å². The Kier molecular flexibility index (Phi) is 69.3. The average Bonchev–Trinajstić information content (AvgIpc) is 1.24. The molecule has 3 N–H and O–H groups in total. The SMILES string of the molecule is CCCCCCCCCCCCCCCCCCCC(=O)OC[C@H](COP(=O)(O)OC[C@@H](O)COP(=O)(O)OC[C@@H](COC(=O)CCCCCCCCC(C)CC)OC(=O)CCCCCCCCCCCCC(C)CC)OC(=O)CCCCCCCCCCCCCCCCCCC. The van der Waals surface area contributed by atoms with Crippen molar-refractivity contribution >= 4 is 39.5 Å². The number of ether oxygens (including phenoxy) is 4. The van der Waals surface area contributed by atoms with Crippen molar-refractivity contribution in [1.82, 2.24) is 0 Å². The first kappa shape index (κ1) is 96.1. The first-order valence-corrected chi connectivity index (χ1v) is 44.1. The van der Waals surface area contributed by atoms with E-state index in [9.17, 15) is 43.2 Å². The fourth-order valence-electron chi connectivity index (χ4n) is 12.1. The van der Waals surface area contributed by atoms with Gasteiger partial charge < -0.3 is 33.8 Å². The van der Waals surface area contributed by atoms with Gasteiger partial charge >= 0.3 is 39.5 Å². The minimum absolute atomic E-state index is 0.106. The van der Waals surface area contributed by atoms with Crippen LogP contribution in [0.4, 0.5) is 0 Å². The van der Waals surface area contributed by atoms with Crippen molar-refractivity contribution in [1.29, 1.82) is 0 Å². The molecule has 98 heavy (non-hydrogen) atoms. The smallest absolute Gasteiger partial charge is 0.462 e. The van der Waals surface area contributed by atoms with Crippen LogP contribution in [0.15, 0.2) is 0 Å². The highest BCUT2D eigenvalue weighted by molar-refractivity contribution is 7.47. The van der Waals surface area contributed by atoms with Crippen LogP contribution in [-0.2, 0) is 65.4 Å². The number of phosphoric acid groups is 2. The van der Waals surface area contributed by atoms with E-state index in [1.165, 1.54) is 225 Å². The van der Waals surface area contributed by atoms with Crippen LogP contribution in [-0.4, -0.2) is 96.7 Å². The molecule has 17 nitrogen and oxygen atoms in total. The van der Waals surface area contributed by atoms with Crippen molar-refractivity contribution in [2.45, 2.75) is 432 Å². The van der Waals surface area contributed by atoms with Gasteiger partial charge in [-0.2, -0.15) is 0 Å². The number of unbranched alkanes of at least 4 members (excludes halogenated alkanes) is 46. The monoisotopic (exact) mass is 1440 g/mol. The summed E-state index contributed by atoms with van der Waals surface area (Å²) in [6.45, 7) is 9.61. The second kappa shape index (κ2) is 70.7. The van der Waals surface area contributed by atoms with Crippen molar-refractivity contribution in [2.75, 3.05) is 39.6 Å². The zero-order valence-electron chi connectivity index (χ0n) is 64.1. The van der Waals surface area contributed by atoms with Crippen molar-refractivity contribution in [3.8, 4) is 0 Å². The van der Waals surface area contributed by atoms with Gasteiger partial charge in [-0.3, -0.25) is 37.3 Å². The van der Waals surface area contributed by atoms with Crippen LogP contribution in [0, 0.1) is 11.8 Å². The molecule has 0 rings (SSSR count). The van der Waals surface area contributed by atoms with Crippen molar-refractivity contribution in [3.05, 3.63) is 0 Å². The Balaban J connectivity index is 5.25. The molecule has 0 fully saturated rings. The molecule has 0 saturated carbocycles. The minimum Gasteiger partial charge on any atom is -0.462 e. The van der Waals surface area contributed by atoms with Crippen LogP contribution in [0.5, 0.6) is 0 Å². The summed E-state index contributed by atoms with van der Waals surface area (Å²) in [5, 5.41) is 10.6. The predicted octanol–water partition coefficient (Wildman–Crippen LogP) is 23.5. The summed E-state index contributed by atoms with van der Waals surface area (Å²) in [5.41, 5.74) is 0. The van der Waals surface area contributed by atoms with Gasteiger partial charge in [0.05, 0.1) is 26.4 Å². The largest absolute Gasteiger partial charge is 0.472 e. The lowest BCUT2D eigenvalue weighted by Gasteiger charge is -2.21. The van der Waals surface area contributed by atoms with E-state index in [1.807, 2.05) is 0 Å². The maximum atomic E-state index is 13.1. The molecule has 4 unspecified atom stereocenters. The molecule has 0 aliphatic heterocycles. The first-order valence-electron chi connectivity index (χ1n) is 41.1. The van der Waals surface area contributed by atoms with Crippen molar-refractivity contribution in [3.63, 3.8) is 0 Å². The average molecular weight is 1440 g/mol. The van der Waals surface area contributed by atoms with E-state index in [0.717, 1.165) is 108 Å². The molecule has 582 valence electrons. The van der Waals surface area contributed by atoms with Gasteiger partial charge in [0.15, 0.2) is 12.2 Å². The molecular formula is C79H154O17P2. The van der Waals surface area contributed by atoms with Crippen molar-refractivity contribution in [2.24, 2.45) is 11.8 Å². The maximum Gasteiger partial charge on any atom is 0.472 e. The maximum absolute atomic E-state index is 13.1. The number of phosphoric ester groups is 2. The quantitative estimate of drug-likeness (QED) is 0.0222. The zero-order chi connectivity index (χ0) is 72.1. The van der Waals surface area contributed by atoms with Crippen LogP contribution in [0.2, 0.25) is 0 Å². The Labute approximate surface area is 600 Å². The molecule has 19 heteroatoms. The highest BCUT2D eigenvalue weighted by atomic mass is 31.2. The van der Waals surface area contributed by atoms with Crippen LogP contribution in [0.25, 0.3) is 0 Å². The number of hydrogen-bond donors (Lipinski definition) is 3. The highest BCUT2D eigenvalue weighted by Crippen LogP contribution is 2.45. The van der Waals surface area contributed by atoms with Crippen molar-refractivity contribution < 1.29 is 80.2 Å².